The van der Waals surface area contributed by atoms with Gasteiger partial charge in [-0.1, -0.05) is 55.3 Å². The van der Waals surface area contributed by atoms with Crippen molar-refractivity contribution in [3.05, 3.63) is 72.3 Å². The second-order valence-corrected chi connectivity index (χ2v) is 9.98. The van der Waals surface area contributed by atoms with Crippen molar-refractivity contribution in [2.45, 2.75) is 50.3 Å². The van der Waals surface area contributed by atoms with E-state index < -0.39 is 24.0 Å². The lowest BCUT2D eigenvalue weighted by molar-refractivity contribution is -0.136. The minimum absolute atomic E-state index is 0.0192. The van der Waals surface area contributed by atoms with Crippen LogP contribution in [0.15, 0.2) is 66.7 Å². The van der Waals surface area contributed by atoms with E-state index in [-0.39, 0.29) is 24.5 Å². The van der Waals surface area contributed by atoms with Crippen LogP contribution >= 0.6 is 0 Å². The molecule has 2 N–H and O–H groups in total. The highest BCUT2D eigenvalue weighted by atomic mass is 16.6. The molecule has 4 atom stereocenters. The lowest BCUT2D eigenvalue weighted by Crippen LogP contribution is -2.56. The number of nitrogens with zero attached hydrogens (tertiary/aromatic N) is 1. The van der Waals surface area contributed by atoms with Crippen LogP contribution in [0.5, 0.6) is 11.5 Å². The fourth-order valence-electron chi connectivity index (χ4n) is 5.89. The van der Waals surface area contributed by atoms with E-state index in [4.69, 9.17) is 9.47 Å². The third-order valence-corrected chi connectivity index (χ3v) is 7.73. The minimum atomic E-state index is -0.892. The van der Waals surface area contributed by atoms with Crippen LogP contribution in [0.25, 0.3) is 10.8 Å². The number of amides is 3. The molecule has 1 saturated heterocycles. The molecule has 0 radical (unpaired) electrons. The summed E-state index contributed by atoms with van der Waals surface area (Å²) in [6, 6.07) is 20.0. The van der Waals surface area contributed by atoms with Gasteiger partial charge in [-0.15, -0.1) is 0 Å². The maximum atomic E-state index is 13.8. The standard InChI is InChI=1S/C29H29N3O5/c33-27(30-31-28(34)26-17-36-24-11-5-6-12-25(24)37-26)23-16-20-9-3-4-10-22(20)32(23)29(35)21-14-13-18-7-1-2-8-19(18)15-21/h1-2,5-8,11-15,20,22-23,26H,3-4,9-10,16-17H2,(H,30,33)(H,31,34)/t20-,22-,23-,26?/m0/s1. The summed E-state index contributed by atoms with van der Waals surface area (Å²) in [6.45, 7) is 0.0405. The minimum Gasteiger partial charge on any atom is -0.485 e. The normalized spacial score (nSPS) is 24.3. The molecule has 3 aliphatic rings. The molecule has 0 spiro atoms. The van der Waals surface area contributed by atoms with E-state index in [1.54, 1.807) is 23.1 Å². The van der Waals surface area contributed by atoms with Crippen LogP contribution in [0.1, 0.15) is 42.5 Å². The Kier molecular flexibility index (Phi) is 6.16. The molecule has 2 fully saturated rings. The Balaban J connectivity index is 1.17. The van der Waals surface area contributed by atoms with E-state index in [0.29, 0.717) is 23.5 Å². The van der Waals surface area contributed by atoms with Gasteiger partial charge in [0, 0.05) is 11.6 Å². The zero-order valence-electron chi connectivity index (χ0n) is 20.4. The molecule has 190 valence electrons. The van der Waals surface area contributed by atoms with E-state index in [9.17, 15) is 14.4 Å². The number of likely N-dealkylation sites (tertiary alicyclic amines) is 1. The molecule has 1 aliphatic carbocycles. The van der Waals surface area contributed by atoms with Gasteiger partial charge in [0.2, 0.25) is 6.10 Å². The van der Waals surface area contributed by atoms with Crippen LogP contribution < -0.4 is 20.3 Å². The van der Waals surface area contributed by atoms with E-state index in [1.807, 2.05) is 48.5 Å². The largest absolute Gasteiger partial charge is 0.485 e. The van der Waals surface area contributed by atoms with Gasteiger partial charge in [0.05, 0.1) is 0 Å². The summed E-state index contributed by atoms with van der Waals surface area (Å²) in [5.74, 6) is 0.280. The van der Waals surface area contributed by atoms with Gasteiger partial charge in [0.15, 0.2) is 11.5 Å². The SMILES string of the molecule is O=C(NNC(=O)[C@@H]1C[C@@H]2CCCC[C@@H]2N1C(=O)c1ccc2ccccc2c1)C1COc2ccccc2O1. The first-order valence-electron chi connectivity index (χ1n) is 12.9. The maximum absolute atomic E-state index is 13.8. The molecule has 2 heterocycles. The van der Waals surface area contributed by atoms with Crippen LogP contribution in [0.2, 0.25) is 0 Å². The Morgan fingerprint density at radius 3 is 2.41 bits per heavy atom. The zero-order chi connectivity index (χ0) is 25.4. The maximum Gasteiger partial charge on any atom is 0.283 e. The average molecular weight is 500 g/mol. The number of para-hydroxylation sites is 2. The van der Waals surface area contributed by atoms with E-state index >= 15 is 0 Å². The van der Waals surface area contributed by atoms with Crippen molar-refractivity contribution in [3.8, 4) is 11.5 Å². The molecule has 8 heteroatoms. The van der Waals surface area contributed by atoms with Crippen molar-refractivity contribution in [1.29, 1.82) is 0 Å². The summed E-state index contributed by atoms with van der Waals surface area (Å²) < 4.78 is 11.3. The molecule has 1 saturated carbocycles. The predicted molar refractivity (Wildman–Crippen MR) is 137 cm³/mol. The Morgan fingerprint density at radius 1 is 0.811 bits per heavy atom. The smallest absolute Gasteiger partial charge is 0.283 e. The van der Waals surface area contributed by atoms with Crippen molar-refractivity contribution in [3.63, 3.8) is 0 Å². The predicted octanol–water partition coefficient (Wildman–Crippen LogP) is 3.60. The average Bonchev–Trinajstić information content (AvgIpc) is 3.34. The Labute approximate surface area is 214 Å². The number of hydrogen-bond donors (Lipinski definition) is 2. The molecule has 8 nitrogen and oxygen atoms in total. The van der Waals surface area contributed by atoms with Gasteiger partial charge < -0.3 is 14.4 Å². The van der Waals surface area contributed by atoms with Crippen molar-refractivity contribution < 1.29 is 23.9 Å². The highest BCUT2D eigenvalue weighted by Crippen LogP contribution is 2.40. The fourth-order valence-corrected chi connectivity index (χ4v) is 5.89. The molecular weight excluding hydrogens is 470 g/mol. The number of rotatable bonds is 3. The number of hydrazine groups is 1. The number of hydrogen-bond acceptors (Lipinski definition) is 5. The van der Waals surface area contributed by atoms with Crippen LogP contribution in [0, 0.1) is 5.92 Å². The molecule has 3 aromatic carbocycles. The van der Waals surface area contributed by atoms with E-state index in [0.717, 1.165) is 36.5 Å². The Bertz CT molecular complexity index is 1360. The Morgan fingerprint density at radius 2 is 1.54 bits per heavy atom. The van der Waals surface area contributed by atoms with Gasteiger partial charge in [-0.25, -0.2) is 0 Å². The van der Waals surface area contributed by atoms with Crippen LogP contribution in [-0.4, -0.2) is 47.4 Å². The first kappa shape index (κ1) is 23.3. The third-order valence-electron chi connectivity index (χ3n) is 7.73. The summed E-state index contributed by atoms with van der Waals surface area (Å²) in [6.07, 6.45) is 3.71. The fraction of sp³-hybridized carbons (Fsp3) is 0.345. The van der Waals surface area contributed by atoms with Crippen molar-refractivity contribution >= 4 is 28.5 Å². The van der Waals surface area contributed by atoms with E-state index in [2.05, 4.69) is 10.9 Å². The number of carbonyl (C=O) groups is 3. The van der Waals surface area contributed by atoms with Gasteiger partial charge in [-0.3, -0.25) is 25.2 Å². The van der Waals surface area contributed by atoms with E-state index in [1.165, 1.54) is 0 Å². The quantitative estimate of drug-likeness (QED) is 0.537. The molecule has 0 bridgehead atoms. The number of carbonyl (C=O) groups excluding carboxylic acids is 3. The van der Waals surface area contributed by atoms with Gasteiger partial charge in [0.1, 0.15) is 12.6 Å². The van der Waals surface area contributed by atoms with Crippen molar-refractivity contribution in [1.82, 2.24) is 15.8 Å². The van der Waals surface area contributed by atoms with Crippen molar-refractivity contribution in [2.24, 2.45) is 5.92 Å². The lowest BCUT2D eigenvalue weighted by Gasteiger charge is -2.33. The number of ether oxygens (including phenoxy) is 2. The number of benzene rings is 3. The summed E-state index contributed by atoms with van der Waals surface area (Å²) >= 11 is 0. The number of fused-ring (bicyclic) bond motifs is 3. The summed E-state index contributed by atoms with van der Waals surface area (Å²) in [5.41, 5.74) is 5.60. The first-order chi connectivity index (χ1) is 18.1. The molecule has 37 heavy (non-hydrogen) atoms. The third kappa shape index (κ3) is 4.48. The van der Waals surface area contributed by atoms with Gasteiger partial charge in [-0.2, -0.15) is 0 Å². The van der Waals surface area contributed by atoms with Gasteiger partial charge in [-0.05, 0) is 60.2 Å². The molecule has 3 amide bonds. The molecule has 1 unspecified atom stereocenters. The van der Waals surface area contributed by atoms with Crippen LogP contribution in [-0.2, 0) is 9.59 Å². The van der Waals surface area contributed by atoms with Gasteiger partial charge in [0.25, 0.3) is 17.7 Å². The molecule has 3 aromatic rings. The van der Waals surface area contributed by atoms with Gasteiger partial charge >= 0.3 is 0 Å². The second-order valence-electron chi connectivity index (χ2n) is 9.98. The molecule has 6 rings (SSSR count). The van der Waals surface area contributed by atoms with Crippen LogP contribution in [0.4, 0.5) is 0 Å². The summed E-state index contributed by atoms with van der Waals surface area (Å²) in [4.78, 5) is 41.6. The zero-order valence-corrected chi connectivity index (χ0v) is 20.4. The molecular formula is C29H29N3O5. The highest BCUT2D eigenvalue weighted by molar-refractivity contribution is 6.01. The Hall–Kier alpha value is -4.07. The monoisotopic (exact) mass is 499 g/mol. The van der Waals surface area contributed by atoms with Crippen LogP contribution in [0.3, 0.4) is 0 Å². The first-order valence-corrected chi connectivity index (χ1v) is 12.9. The topological polar surface area (TPSA) is 97.0 Å². The summed E-state index contributed by atoms with van der Waals surface area (Å²) in [5, 5.41) is 2.04. The molecule has 0 aromatic heterocycles. The number of nitrogens with one attached hydrogen (secondary N) is 2. The highest BCUT2D eigenvalue weighted by Gasteiger charge is 2.47. The summed E-state index contributed by atoms with van der Waals surface area (Å²) in [7, 11) is 0. The van der Waals surface area contributed by atoms with Crippen molar-refractivity contribution in [2.75, 3.05) is 6.61 Å². The second kappa shape index (κ2) is 9.76. The molecule has 2 aliphatic heterocycles. The lowest BCUT2D eigenvalue weighted by atomic mass is 9.84.